The minimum absolute atomic E-state index is 0.0440. The maximum Gasteiger partial charge on any atom is 0.238 e. The molecule has 4 heteroatoms. The first-order chi connectivity index (χ1) is 7.15. The average molecular weight is 229 g/mol. The molecule has 1 rings (SSSR count). The summed E-state index contributed by atoms with van der Waals surface area (Å²) < 4.78 is 1.81. The summed E-state index contributed by atoms with van der Waals surface area (Å²) in [7, 11) is 0. The highest BCUT2D eigenvalue weighted by molar-refractivity contribution is 6.17. The van der Waals surface area contributed by atoms with Crippen LogP contribution in [-0.4, -0.2) is 16.5 Å². The zero-order chi connectivity index (χ0) is 11.3. The number of nitrogens with one attached hydrogen (secondary N) is 1. The number of hydrogen-bond acceptors (Lipinski definition) is 1. The molecule has 1 aromatic rings. The van der Waals surface area contributed by atoms with Crippen LogP contribution < -0.4 is 5.43 Å². The summed E-state index contributed by atoms with van der Waals surface area (Å²) in [6, 6.07) is 3.96. The predicted molar refractivity (Wildman–Crippen MR) is 62.8 cm³/mol. The van der Waals surface area contributed by atoms with Crippen molar-refractivity contribution in [2.45, 2.75) is 33.1 Å². The summed E-state index contributed by atoms with van der Waals surface area (Å²) in [6.07, 6.45) is 2.26. The van der Waals surface area contributed by atoms with Crippen LogP contribution in [0.15, 0.2) is 12.1 Å². The van der Waals surface area contributed by atoms with E-state index in [2.05, 4.69) is 5.43 Å². The second-order valence-corrected chi connectivity index (χ2v) is 4.01. The molecule has 0 unspecified atom stereocenters. The molecule has 15 heavy (non-hydrogen) atoms. The zero-order valence-electron chi connectivity index (χ0n) is 9.22. The fraction of sp³-hybridized carbons (Fsp3) is 0.545. The van der Waals surface area contributed by atoms with Gasteiger partial charge in [-0.3, -0.25) is 14.9 Å². The zero-order valence-corrected chi connectivity index (χ0v) is 9.97. The van der Waals surface area contributed by atoms with Crippen molar-refractivity contribution in [3.63, 3.8) is 0 Å². The van der Waals surface area contributed by atoms with E-state index in [4.69, 9.17) is 11.6 Å². The van der Waals surface area contributed by atoms with Crippen LogP contribution in [0, 0.1) is 13.8 Å². The lowest BCUT2D eigenvalue weighted by atomic mass is 10.2. The number of aromatic nitrogens is 1. The minimum atomic E-state index is 0.0440. The van der Waals surface area contributed by atoms with E-state index < -0.39 is 0 Å². The molecule has 0 aliphatic rings. The largest absolute Gasteiger partial charge is 0.273 e. The van der Waals surface area contributed by atoms with Gasteiger partial charge in [0.25, 0.3) is 0 Å². The Morgan fingerprint density at radius 1 is 1.33 bits per heavy atom. The Labute approximate surface area is 95.4 Å². The molecule has 0 radical (unpaired) electrons. The number of hydrogen-bond donors (Lipinski definition) is 1. The molecule has 1 N–H and O–H groups in total. The molecule has 0 aromatic carbocycles. The smallest absolute Gasteiger partial charge is 0.238 e. The lowest BCUT2D eigenvalue weighted by molar-refractivity contribution is -0.117. The molecule has 0 atom stereocenters. The van der Waals surface area contributed by atoms with E-state index >= 15 is 0 Å². The highest BCUT2D eigenvalue weighted by Gasteiger charge is 2.05. The van der Waals surface area contributed by atoms with E-state index in [0.717, 1.165) is 24.2 Å². The molecule has 1 amide bonds. The van der Waals surface area contributed by atoms with Gasteiger partial charge in [-0.05, 0) is 38.8 Å². The molecule has 0 aliphatic carbocycles. The molecule has 0 fully saturated rings. The van der Waals surface area contributed by atoms with E-state index in [0.29, 0.717) is 12.3 Å². The maximum absolute atomic E-state index is 11.5. The molecule has 0 saturated heterocycles. The van der Waals surface area contributed by atoms with Gasteiger partial charge in [-0.15, -0.1) is 11.6 Å². The molecule has 0 spiro atoms. The second-order valence-electron chi connectivity index (χ2n) is 3.63. The number of carbonyl (C=O) groups excluding carboxylic acids is 1. The standard InChI is InChI=1S/C11H17ClN2O/c1-9-6-7-10(2)14(9)13-11(15)5-3-4-8-12/h6-7H,3-5,8H2,1-2H3,(H,13,15). The minimum Gasteiger partial charge on any atom is -0.273 e. The van der Waals surface area contributed by atoms with Crippen molar-refractivity contribution in [3.05, 3.63) is 23.5 Å². The number of halogens is 1. The average Bonchev–Trinajstić information content (AvgIpc) is 2.50. The highest BCUT2D eigenvalue weighted by Crippen LogP contribution is 2.05. The summed E-state index contributed by atoms with van der Waals surface area (Å²) in [5.74, 6) is 0.664. The van der Waals surface area contributed by atoms with Crippen molar-refractivity contribution in [3.8, 4) is 0 Å². The van der Waals surface area contributed by atoms with Gasteiger partial charge in [0.05, 0.1) is 0 Å². The Balaban J connectivity index is 2.44. The fourth-order valence-corrected chi connectivity index (χ4v) is 1.59. The van der Waals surface area contributed by atoms with Gasteiger partial charge in [0.15, 0.2) is 0 Å². The van der Waals surface area contributed by atoms with Gasteiger partial charge in [-0.25, -0.2) is 0 Å². The van der Waals surface area contributed by atoms with E-state index in [1.807, 2.05) is 30.7 Å². The summed E-state index contributed by atoms with van der Waals surface area (Å²) in [4.78, 5) is 11.5. The van der Waals surface area contributed by atoms with Gasteiger partial charge in [0, 0.05) is 23.7 Å². The van der Waals surface area contributed by atoms with Gasteiger partial charge in [0.1, 0.15) is 0 Å². The Bertz CT molecular complexity index is 314. The number of rotatable bonds is 5. The lowest BCUT2D eigenvalue weighted by Gasteiger charge is -2.10. The second kappa shape index (κ2) is 5.81. The highest BCUT2D eigenvalue weighted by atomic mass is 35.5. The number of alkyl halides is 1. The molecule has 0 aliphatic heterocycles. The van der Waals surface area contributed by atoms with E-state index in [1.54, 1.807) is 0 Å². The van der Waals surface area contributed by atoms with Crippen molar-refractivity contribution in [2.75, 3.05) is 11.3 Å². The Hall–Kier alpha value is -0.960. The van der Waals surface area contributed by atoms with E-state index in [-0.39, 0.29) is 5.91 Å². The molecular weight excluding hydrogens is 212 g/mol. The normalized spacial score (nSPS) is 10.3. The Morgan fingerprint density at radius 2 is 1.93 bits per heavy atom. The third-order valence-corrected chi connectivity index (χ3v) is 2.56. The number of carbonyl (C=O) groups is 1. The van der Waals surface area contributed by atoms with Crippen LogP contribution in [0.5, 0.6) is 0 Å². The maximum atomic E-state index is 11.5. The fourth-order valence-electron chi connectivity index (χ4n) is 1.41. The van der Waals surface area contributed by atoms with E-state index in [9.17, 15) is 4.79 Å². The van der Waals surface area contributed by atoms with Gasteiger partial charge in [0.2, 0.25) is 5.91 Å². The molecule has 0 saturated carbocycles. The summed E-state index contributed by atoms with van der Waals surface area (Å²) in [5, 5.41) is 0. The van der Waals surface area contributed by atoms with Gasteiger partial charge < -0.3 is 0 Å². The van der Waals surface area contributed by atoms with Crippen LogP contribution in [0.25, 0.3) is 0 Å². The quantitative estimate of drug-likeness (QED) is 0.610. The summed E-state index contributed by atoms with van der Waals surface area (Å²) in [6.45, 7) is 3.93. The van der Waals surface area contributed by atoms with Crippen molar-refractivity contribution in [1.29, 1.82) is 0 Å². The molecular formula is C11H17ClN2O. The Morgan fingerprint density at radius 3 is 2.47 bits per heavy atom. The monoisotopic (exact) mass is 228 g/mol. The van der Waals surface area contributed by atoms with Crippen LogP contribution in [0.2, 0.25) is 0 Å². The molecule has 3 nitrogen and oxygen atoms in total. The summed E-state index contributed by atoms with van der Waals surface area (Å²) in [5.41, 5.74) is 4.93. The van der Waals surface area contributed by atoms with E-state index in [1.165, 1.54) is 0 Å². The van der Waals surface area contributed by atoms with Crippen LogP contribution in [0.4, 0.5) is 0 Å². The van der Waals surface area contributed by atoms with Gasteiger partial charge in [-0.1, -0.05) is 0 Å². The topological polar surface area (TPSA) is 34.0 Å². The SMILES string of the molecule is Cc1ccc(C)n1NC(=O)CCCCCl. The third-order valence-electron chi connectivity index (χ3n) is 2.30. The van der Waals surface area contributed by atoms with Crippen LogP contribution in [-0.2, 0) is 4.79 Å². The van der Waals surface area contributed by atoms with Gasteiger partial charge >= 0.3 is 0 Å². The van der Waals surface area contributed by atoms with Crippen LogP contribution >= 0.6 is 11.6 Å². The van der Waals surface area contributed by atoms with Crippen molar-refractivity contribution >= 4 is 17.5 Å². The van der Waals surface area contributed by atoms with Crippen LogP contribution in [0.3, 0.4) is 0 Å². The van der Waals surface area contributed by atoms with Crippen molar-refractivity contribution < 1.29 is 4.79 Å². The summed E-state index contributed by atoms with van der Waals surface area (Å²) >= 11 is 5.54. The molecule has 1 heterocycles. The lowest BCUT2D eigenvalue weighted by Crippen LogP contribution is -2.24. The van der Waals surface area contributed by atoms with Crippen LogP contribution in [0.1, 0.15) is 30.7 Å². The molecule has 0 bridgehead atoms. The Kier molecular flexibility index (Phi) is 4.69. The van der Waals surface area contributed by atoms with Crippen molar-refractivity contribution in [1.82, 2.24) is 4.68 Å². The number of unbranched alkanes of at least 4 members (excludes halogenated alkanes) is 1. The third kappa shape index (κ3) is 3.59. The first-order valence-corrected chi connectivity index (χ1v) is 5.69. The molecule has 1 aromatic heterocycles. The first kappa shape index (κ1) is 12.1. The van der Waals surface area contributed by atoms with Gasteiger partial charge in [-0.2, -0.15) is 0 Å². The van der Waals surface area contributed by atoms with Crippen molar-refractivity contribution in [2.24, 2.45) is 0 Å². The number of aryl methyl sites for hydroxylation is 2. The first-order valence-electron chi connectivity index (χ1n) is 5.16. The predicted octanol–water partition coefficient (Wildman–Crippen LogP) is 2.58. The number of amides is 1. The molecule has 84 valence electrons. The number of nitrogens with zero attached hydrogens (tertiary/aromatic N) is 1.